The van der Waals surface area contributed by atoms with Crippen molar-refractivity contribution >= 4 is 57.2 Å². The maximum atomic E-state index is 2.74. The van der Waals surface area contributed by atoms with Gasteiger partial charge in [0.25, 0.3) is 6.71 Å². The third-order valence-corrected chi connectivity index (χ3v) is 23.3. The van der Waals surface area contributed by atoms with Gasteiger partial charge in [0.2, 0.25) is 0 Å². The summed E-state index contributed by atoms with van der Waals surface area (Å²) < 4.78 is 0. The van der Waals surface area contributed by atoms with E-state index >= 15 is 0 Å². The fraction of sp³-hybridized carbons (Fsp3) is 0.222. The van der Waals surface area contributed by atoms with Crippen LogP contribution in [0, 0.1) is 0 Å². The highest BCUT2D eigenvalue weighted by Gasteiger charge is 2.47. The molecule has 0 atom stereocenters. The lowest BCUT2D eigenvalue weighted by Gasteiger charge is -2.46. The van der Waals surface area contributed by atoms with Crippen LogP contribution in [-0.4, -0.2) is 6.71 Å². The van der Waals surface area contributed by atoms with Gasteiger partial charge >= 0.3 is 0 Å². The van der Waals surface area contributed by atoms with Crippen molar-refractivity contribution in [2.45, 2.75) is 157 Å². The topological polar surface area (TPSA) is 6.48 Å². The number of benzene rings is 14. The molecule has 0 N–H and O–H groups in total. The molecule has 0 saturated heterocycles. The molecule has 0 fully saturated rings. The molecular formula is C108H105BN2. The van der Waals surface area contributed by atoms with Crippen LogP contribution in [-0.2, 0) is 32.5 Å². The molecule has 14 aromatic rings. The van der Waals surface area contributed by atoms with E-state index in [9.17, 15) is 0 Å². The summed E-state index contributed by atoms with van der Waals surface area (Å²) in [5.41, 5.74) is 38.5. The molecule has 111 heavy (non-hydrogen) atoms. The lowest BCUT2D eigenvalue weighted by molar-refractivity contribution is 0.568. The van der Waals surface area contributed by atoms with Gasteiger partial charge in [0.15, 0.2) is 0 Å². The Morgan fingerprint density at radius 2 is 0.477 bits per heavy atom. The predicted octanol–water partition coefficient (Wildman–Crippen LogP) is 28.6. The van der Waals surface area contributed by atoms with E-state index in [1.807, 2.05) is 0 Å². The summed E-state index contributed by atoms with van der Waals surface area (Å²) in [6, 6.07) is 120. The summed E-state index contributed by atoms with van der Waals surface area (Å²) in [5, 5.41) is 0. The van der Waals surface area contributed by atoms with Gasteiger partial charge in [-0.15, -0.1) is 0 Å². The van der Waals surface area contributed by atoms with Crippen LogP contribution in [0.15, 0.2) is 309 Å². The predicted molar refractivity (Wildman–Crippen MR) is 482 cm³/mol. The van der Waals surface area contributed by atoms with Crippen LogP contribution in [0.5, 0.6) is 0 Å². The van der Waals surface area contributed by atoms with Gasteiger partial charge in [-0.05, 0) is 209 Å². The van der Waals surface area contributed by atoms with Crippen molar-refractivity contribution in [3.63, 3.8) is 0 Å². The first kappa shape index (κ1) is 73.9. The summed E-state index contributed by atoms with van der Waals surface area (Å²) in [5.74, 6) is 0. The van der Waals surface area contributed by atoms with Crippen molar-refractivity contribution in [3.05, 3.63) is 343 Å². The Balaban J connectivity index is 1.15. The van der Waals surface area contributed by atoms with Crippen LogP contribution < -0.4 is 26.2 Å². The Morgan fingerprint density at radius 1 is 0.189 bits per heavy atom. The normalized spacial score (nSPS) is 13.1. The van der Waals surface area contributed by atoms with Crippen LogP contribution in [0.1, 0.15) is 158 Å². The molecule has 2 aliphatic rings. The van der Waals surface area contributed by atoms with E-state index in [4.69, 9.17) is 0 Å². The molecule has 14 aromatic carbocycles. The third kappa shape index (κ3) is 14.1. The van der Waals surface area contributed by atoms with Crippen molar-refractivity contribution < 1.29 is 0 Å². The van der Waals surface area contributed by atoms with Crippen LogP contribution in [0.4, 0.5) is 34.1 Å². The molecule has 0 unspecified atom stereocenters. The molecule has 0 saturated carbocycles. The number of fused-ring (bicyclic) bond motifs is 4. The van der Waals surface area contributed by atoms with Crippen molar-refractivity contribution in [3.8, 4) is 100 Å². The third-order valence-electron chi connectivity index (χ3n) is 23.3. The standard InChI is InChI=1S/C108H105BN2/c1-103(2,3)83-51-52-88(93(69-83)108(16,17)18)82-65-98-100-99(66-82)111(102-91(74-45-33-23-34-46-74)61-81(71-39-27-20-28-40-71)62-92(102)75-47-35-24-36-48-75)97-54-50-77(79-57-86(106(10,11)12)68-87(58-79)107(13,14)15)64-95(97)109(100)94-63-76(78-55-84(104(4,5)6)67-85(56-78)105(7,8)9)49-53-96(94)110(98)101-89(72-41-29-21-30-42-72)59-80(70-37-25-19-26-38-70)60-90(101)73-43-31-22-32-44-73/h19-69H,1-18H3. The second-order valence-corrected chi connectivity index (χ2v) is 37.5. The van der Waals surface area contributed by atoms with E-state index in [0.717, 1.165) is 106 Å². The molecular weight excluding hydrogens is 1340 g/mol. The van der Waals surface area contributed by atoms with Gasteiger partial charge in [-0.3, -0.25) is 0 Å². The molecule has 3 heteroatoms. The highest BCUT2D eigenvalue weighted by molar-refractivity contribution is 7.00. The van der Waals surface area contributed by atoms with Gasteiger partial charge in [-0.1, -0.05) is 385 Å². The number of anilines is 6. The van der Waals surface area contributed by atoms with E-state index in [2.05, 4.69) is 444 Å². The zero-order valence-corrected chi connectivity index (χ0v) is 68.4. The summed E-state index contributed by atoms with van der Waals surface area (Å²) in [6.45, 7) is 42.3. The number of rotatable bonds is 11. The Bertz CT molecular complexity index is 5340. The maximum Gasteiger partial charge on any atom is 0.252 e. The summed E-state index contributed by atoms with van der Waals surface area (Å²) in [6.07, 6.45) is 0. The van der Waals surface area contributed by atoms with Gasteiger partial charge in [0.1, 0.15) is 0 Å². The van der Waals surface area contributed by atoms with Crippen LogP contribution in [0.2, 0.25) is 0 Å². The highest BCUT2D eigenvalue weighted by Crippen LogP contribution is 2.56. The smallest absolute Gasteiger partial charge is 0.252 e. The first-order chi connectivity index (χ1) is 52.8. The van der Waals surface area contributed by atoms with Crippen LogP contribution in [0.25, 0.3) is 100 Å². The number of hydrogen-bond donors (Lipinski definition) is 0. The average Bonchev–Trinajstić information content (AvgIpc) is 0.685. The zero-order valence-electron chi connectivity index (χ0n) is 68.4. The summed E-state index contributed by atoms with van der Waals surface area (Å²) in [4.78, 5) is 5.49. The minimum atomic E-state index is -0.305. The molecule has 0 aromatic heterocycles. The number of nitrogens with zero attached hydrogens (tertiary/aromatic N) is 2. The highest BCUT2D eigenvalue weighted by atomic mass is 15.2. The molecule has 16 rings (SSSR count). The minimum Gasteiger partial charge on any atom is -0.310 e. The first-order valence-corrected chi connectivity index (χ1v) is 40.1. The van der Waals surface area contributed by atoms with Gasteiger partial charge in [0.05, 0.1) is 11.4 Å². The van der Waals surface area contributed by atoms with E-state index in [0.29, 0.717) is 0 Å². The average molecular weight is 1440 g/mol. The molecule has 0 spiro atoms. The van der Waals surface area contributed by atoms with Crippen molar-refractivity contribution in [2.24, 2.45) is 0 Å². The fourth-order valence-electron chi connectivity index (χ4n) is 16.9. The fourth-order valence-corrected chi connectivity index (χ4v) is 16.9. The monoisotopic (exact) mass is 1440 g/mol. The summed E-state index contributed by atoms with van der Waals surface area (Å²) >= 11 is 0. The lowest BCUT2D eigenvalue weighted by atomic mass is 9.33. The Kier molecular flexibility index (Phi) is 18.6. The van der Waals surface area contributed by atoms with Crippen LogP contribution in [0.3, 0.4) is 0 Å². The van der Waals surface area contributed by atoms with Crippen molar-refractivity contribution in [1.82, 2.24) is 0 Å². The second kappa shape index (κ2) is 27.9. The summed E-state index contributed by atoms with van der Waals surface area (Å²) in [7, 11) is 0. The SMILES string of the molecule is CC(C)(C)c1cc(-c2ccc3c(c2)B2c4cc(-c5cc(C(C)(C)C)cc(C(C)(C)C)c5)ccc4N(c4c(-c5ccccc5)cc(-c5ccccc5)cc4-c4ccccc4)c4cc(-c5ccc(C(C)(C)C)cc5C(C)(C)C)cc(c42)N3c2c(-c3ccccc3)cc(-c3ccccc3)cc2-c2ccccc2)cc(C(C)(C)C)c1. The zero-order chi connectivity index (χ0) is 77.8. The number of hydrogen-bond acceptors (Lipinski definition) is 2. The largest absolute Gasteiger partial charge is 0.310 e. The Labute approximate surface area is 662 Å². The lowest BCUT2D eigenvalue weighted by Crippen LogP contribution is -2.61. The van der Waals surface area contributed by atoms with Gasteiger partial charge in [0, 0.05) is 45.0 Å². The molecule has 2 nitrogen and oxygen atoms in total. The molecule has 2 heterocycles. The Hall–Kier alpha value is -11.3. The minimum absolute atomic E-state index is 0.0990. The molecule has 0 radical (unpaired) electrons. The van der Waals surface area contributed by atoms with Crippen LogP contribution >= 0.6 is 0 Å². The first-order valence-electron chi connectivity index (χ1n) is 40.1. The van der Waals surface area contributed by atoms with E-state index in [1.54, 1.807) is 0 Å². The van der Waals surface area contributed by atoms with Gasteiger partial charge in [-0.2, -0.15) is 0 Å². The Morgan fingerprint density at radius 3 is 0.766 bits per heavy atom. The quantitative estimate of drug-likeness (QED) is 0.119. The van der Waals surface area contributed by atoms with E-state index < -0.39 is 0 Å². The van der Waals surface area contributed by atoms with Crippen molar-refractivity contribution in [1.29, 1.82) is 0 Å². The van der Waals surface area contributed by atoms with Gasteiger partial charge in [-0.25, -0.2) is 0 Å². The molecule has 0 bridgehead atoms. The molecule has 0 aliphatic carbocycles. The van der Waals surface area contributed by atoms with Crippen molar-refractivity contribution in [2.75, 3.05) is 9.80 Å². The van der Waals surface area contributed by atoms with E-state index in [1.165, 1.54) is 77.6 Å². The molecule has 2 aliphatic heterocycles. The maximum absolute atomic E-state index is 2.74. The molecule has 550 valence electrons. The molecule has 0 amide bonds. The second-order valence-electron chi connectivity index (χ2n) is 37.5. The van der Waals surface area contributed by atoms with Gasteiger partial charge < -0.3 is 9.80 Å². The van der Waals surface area contributed by atoms with E-state index in [-0.39, 0.29) is 39.2 Å².